The highest BCUT2D eigenvalue weighted by molar-refractivity contribution is 5.61. The van der Waals surface area contributed by atoms with Gasteiger partial charge in [-0.3, -0.25) is 0 Å². The van der Waals surface area contributed by atoms with E-state index >= 15 is 0 Å². The van der Waals surface area contributed by atoms with E-state index in [2.05, 4.69) is 15.5 Å². The van der Waals surface area contributed by atoms with E-state index in [1.54, 1.807) is 6.92 Å². The molecule has 2 aromatic rings. The maximum Gasteiger partial charge on any atom is 0.391 e. The standard InChI is InChI=1S/C16H18F3N3O/c1-10-21-22-15(23-10)11-4-2-6-13(8-11)20-14-7-3-5-12(9-14)16(17,18)19/h2,4,6,8,12,14,20H,3,5,7,9H2,1H3/t12-,14+/m0/s1. The van der Waals surface area contributed by atoms with Crippen LogP contribution in [0.1, 0.15) is 31.6 Å². The van der Waals surface area contributed by atoms with E-state index in [1.807, 2.05) is 24.3 Å². The van der Waals surface area contributed by atoms with Gasteiger partial charge in [0.15, 0.2) is 0 Å². The minimum atomic E-state index is -4.11. The molecule has 0 saturated heterocycles. The van der Waals surface area contributed by atoms with Crippen molar-refractivity contribution in [1.29, 1.82) is 0 Å². The maximum absolute atomic E-state index is 12.9. The Bertz CT molecular complexity index is 669. The zero-order chi connectivity index (χ0) is 16.4. The molecular weight excluding hydrogens is 307 g/mol. The van der Waals surface area contributed by atoms with Crippen LogP contribution in [0.15, 0.2) is 28.7 Å². The Balaban J connectivity index is 1.71. The SMILES string of the molecule is Cc1nnc(-c2cccc(N[C@@H]3CCC[C@H](C(F)(F)F)C3)c2)o1. The lowest BCUT2D eigenvalue weighted by Crippen LogP contribution is -2.34. The highest BCUT2D eigenvalue weighted by Crippen LogP contribution is 2.38. The number of anilines is 1. The first-order chi connectivity index (χ1) is 10.9. The first kappa shape index (κ1) is 15.8. The van der Waals surface area contributed by atoms with Crippen LogP contribution in [0.2, 0.25) is 0 Å². The molecule has 0 spiro atoms. The summed E-state index contributed by atoms with van der Waals surface area (Å²) in [5, 5.41) is 10.9. The number of benzene rings is 1. The fraction of sp³-hybridized carbons (Fsp3) is 0.500. The summed E-state index contributed by atoms with van der Waals surface area (Å²) in [6.07, 6.45) is -2.43. The maximum atomic E-state index is 12.9. The van der Waals surface area contributed by atoms with Crippen LogP contribution in [0.25, 0.3) is 11.5 Å². The van der Waals surface area contributed by atoms with E-state index in [0.717, 1.165) is 17.7 Å². The molecule has 1 aromatic heterocycles. The Hall–Kier alpha value is -2.05. The number of aryl methyl sites for hydroxylation is 1. The fourth-order valence-electron chi connectivity index (χ4n) is 3.01. The van der Waals surface area contributed by atoms with Crippen LogP contribution in [-0.4, -0.2) is 22.4 Å². The topological polar surface area (TPSA) is 51.0 Å². The molecule has 4 nitrogen and oxygen atoms in total. The van der Waals surface area contributed by atoms with E-state index < -0.39 is 12.1 Å². The summed E-state index contributed by atoms with van der Waals surface area (Å²) in [6, 6.07) is 7.14. The van der Waals surface area contributed by atoms with Gasteiger partial charge in [0.05, 0.1) is 5.92 Å². The Labute approximate surface area is 132 Å². The van der Waals surface area contributed by atoms with Crippen LogP contribution < -0.4 is 5.32 Å². The van der Waals surface area contributed by atoms with Crippen molar-refractivity contribution in [2.24, 2.45) is 5.92 Å². The average Bonchev–Trinajstić information content (AvgIpc) is 2.94. The molecule has 1 fully saturated rings. The first-order valence-electron chi connectivity index (χ1n) is 7.65. The summed E-state index contributed by atoms with van der Waals surface area (Å²) in [7, 11) is 0. The summed E-state index contributed by atoms with van der Waals surface area (Å²) < 4.78 is 44.0. The minimum Gasteiger partial charge on any atom is -0.421 e. The van der Waals surface area contributed by atoms with Gasteiger partial charge in [0.25, 0.3) is 0 Å². The lowest BCUT2D eigenvalue weighted by Gasteiger charge is -2.31. The second-order valence-electron chi connectivity index (χ2n) is 5.95. The minimum absolute atomic E-state index is 0.118. The van der Waals surface area contributed by atoms with Crippen LogP contribution in [0.3, 0.4) is 0 Å². The summed E-state index contributed by atoms with van der Waals surface area (Å²) in [4.78, 5) is 0. The van der Waals surface area contributed by atoms with E-state index in [0.29, 0.717) is 18.2 Å². The van der Waals surface area contributed by atoms with Crippen LogP contribution in [-0.2, 0) is 0 Å². The molecule has 7 heteroatoms. The molecule has 1 N–H and O–H groups in total. The molecule has 124 valence electrons. The monoisotopic (exact) mass is 325 g/mol. The smallest absolute Gasteiger partial charge is 0.391 e. The van der Waals surface area contributed by atoms with Gasteiger partial charge in [-0.05, 0) is 37.5 Å². The van der Waals surface area contributed by atoms with Crippen molar-refractivity contribution in [3.63, 3.8) is 0 Å². The second-order valence-corrected chi connectivity index (χ2v) is 5.95. The lowest BCUT2D eigenvalue weighted by molar-refractivity contribution is -0.182. The van der Waals surface area contributed by atoms with Gasteiger partial charge >= 0.3 is 6.18 Å². The van der Waals surface area contributed by atoms with Crippen molar-refractivity contribution in [3.05, 3.63) is 30.2 Å². The normalized spacial score (nSPS) is 22.1. The number of hydrogen-bond donors (Lipinski definition) is 1. The van der Waals surface area contributed by atoms with Gasteiger partial charge in [-0.15, -0.1) is 10.2 Å². The lowest BCUT2D eigenvalue weighted by atomic mass is 9.85. The van der Waals surface area contributed by atoms with Crippen LogP contribution in [0, 0.1) is 12.8 Å². The third-order valence-electron chi connectivity index (χ3n) is 4.14. The summed E-state index contributed by atoms with van der Waals surface area (Å²) in [5.74, 6) is -0.336. The number of nitrogens with one attached hydrogen (secondary N) is 1. The first-order valence-corrected chi connectivity index (χ1v) is 7.65. The summed E-state index contributed by atoms with van der Waals surface area (Å²) >= 11 is 0. The van der Waals surface area contributed by atoms with E-state index in [9.17, 15) is 13.2 Å². The third kappa shape index (κ3) is 3.83. The molecule has 23 heavy (non-hydrogen) atoms. The van der Waals surface area contributed by atoms with Crippen LogP contribution >= 0.6 is 0 Å². The van der Waals surface area contributed by atoms with E-state index in [1.165, 1.54) is 0 Å². The molecule has 0 unspecified atom stereocenters. The molecule has 3 rings (SSSR count). The Kier molecular flexibility index (Phi) is 4.28. The van der Waals surface area contributed by atoms with Gasteiger partial charge in [0.2, 0.25) is 11.8 Å². The van der Waals surface area contributed by atoms with E-state index in [4.69, 9.17) is 4.42 Å². The predicted octanol–water partition coefficient (Wildman–Crippen LogP) is 4.58. The molecule has 1 aliphatic carbocycles. The molecule has 0 radical (unpaired) electrons. The molecule has 1 aromatic carbocycles. The van der Waals surface area contributed by atoms with Crippen molar-refractivity contribution in [2.75, 3.05) is 5.32 Å². The molecule has 0 bridgehead atoms. The van der Waals surface area contributed by atoms with Crippen molar-refractivity contribution in [1.82, 2.24) is 10.2 Å². The zero-order valence-electron chi connectivity index (χ0n) is 12.7. The Morgan fingerprint density at radius 3 is 2.74 bits per heavy atom. The second kappa shape index (κ2) is 6.22. The van der Waals surface area contributed by atoms with Crippen molar-refractivity contribution >= 4 is 5.69 Å². The van der Waals surface area contributed by atoms with Crippen molar-refractivity contribution in [3.8, 4) is 11.5 Å². The summed E-state index contributed by atoms with van der Waals surface area (Å²) in [5.41, 5.74) is 1.52. The van der Waals surface area contributed by atoms with Gasteiger partial charge in [0, 0.05) is 24.2 Å². The van der Waals surface area contributed by atoms with E-state index in [-0.39, 0.29) is 18.9 Å². The molecular formula is C16H18F3N3O. The van der Waals surface area contributed by atoms with Gasteiger partial charge < -0.3 is 9.73 Å². The van der Waals surface area contributed by atoms with Crippen molar-refractivity contribution in [2.45, 2.75) is 44.8 Å². The number of halogens is 3. The van der Waals surface area contributed by atoms with Gasteiger partial charge in [-0.2, -0.15) is 13.2 Å². The van der Waals surface area contributed by atoms with Gasteiger partial charge in [0.1, 0.15) is 0 Å². The van der Waals surface area contributed by atoms with Crippen LogP contribution in [0.4, 0.5) is 18.9 Å². The number of hydrogen-bond acceptors (Lipinski definition) is 4. The molecule has 0 aliphatic heterocycles. The molecule has 1 saturated carbocycles. The zero-order valence-corrected chi connectivity index (χ0v) is 12.7. The predicted molar refractivity (Wildman–Crippen MR) is 79.9 cm³/mol. The molecule has 2 atom stereocenters. The Morgan fingerprint density at radius 1 is 1.22 bits per heavy atom. The number of aromatic nitrogens is 2. The number of alkyl halides is 3. The number of rotatable bonds is 3. The molecule has 1 aliphatic rings. The quantitative estimate of drug-likeness (QED) is 0.897. The van der Waals surface area contributed by atoms with Gasteiger partial charge in [-0.25, -0.2) is 0 Å². The molecule has 1 heterocycles. The van der Waals surface area contributed by atoms with Gasteiger partial charge in [-0.1, -0.05) is 12.5 Å². The summed E-state index contributed by atoms with van der Waals surface area (Å²) in [6.45, 7) is 1.71. The third-order valence-corrected chi connectivity index (χ3v) is 4.14. The van der Waals surface area contributed by atoms with Crippen LogP contribution in [0.5, 0.6) is 0 Å². The highest BCUT2D eigenvalue weighted by atomic mass is 19.4. The average molecular weight is 325 g/mol. The number of nitrogens with zero attached hydrogens (tertiary/aromatic N) is 2. The fourth-order valence-corrected chi connectivity index (χ4v) is 3.01. The van der Waals surface area contributed by atoms with Crippen molar-refractivity contribution < 1.29 is 17.6 Å². The molecule has 0 amide bonds. The Morgan fingerprint density at radius 2 is 2.04 bits per heavy atom. The largest absolute Gasteiger partial charge is 0.421 e. The highest BCUT2D eigenvalue weighted by Gasteiger charge is 2.42.